The first-order valence-corrected chi connectivity index (χ1v) is 11.4. The molecule has 3 nitrogen and oxygen atoms in total. The first kappa shape index (κ1) is 23.0. The highest BCUT2D eigenvalue weighted by Gasteiger charge is 2.19. The van der Waals surface area contributed by atoms with E-state index in [2.05, 4.69) is 25.7 Å². The van der Waals surface area contributed by atoms with Gasteiger partial charge in [0, 0.05) is 12.3 Å². The predicted octanol–water partition coefficient (Wildman–Crippen LogP) is 5.65. The average molecular weight is 380 g/mol. The minimum absolute atomic E-state index is 0.0433. The molecule has 1 unspecified atom stereocenters. The molecular weight excluding hydrogens is 342 g/mol. The molecule has 0 fully saturated rings. The van der Waals surface area contributed by atoms with Crippen LogP contribution in [-0.2, 0) is 4.74 Å². The van der Waals surface area contributed by atoms with Gasteiger partial charge in [-0.15, -0.1) is 0 Å². The van der Waals surface area contributed by atoms with Crippen molar-refractivity contribution in [3.05, 3.63) is 35.9 Å². The molecule has 4 heteroatoms. The Kier molecular flexibility index (Phi) is 13.4. The maximum Gasteiger partial charge on any atom is 0.338 e. The second-order valence-electron chi connectivity index (χ2n) is 6.83. The maximum atomic E-state index is 12.5. The van der Waals surface area contributed by atoms with Crippen molar-refractivity contribution in [1.82, 2.24) is 4.90 Å². The highest BCUT2D eigenvalue weighted by Crippen LogP contribution is 2.14. The van der Waals surface area contributed by atoms with Gasteiger partial charge in [0.1, 0.15) is 6.10 Å². The highest BCUT2D eigenvalue weighted by atomic mass is 32.2. The summed E-state index contributed by atoms with van der Waals surface area (Å²) in [6, 6.07) is 9.35. The van der Waals surface area contributed by atoms with Crippen molar-refractivity contribution in [2.45, 2.75) is 65.4 Å². The van der Waals surface area contributed by atoms with E-state index in [9.17, 15) is 4.79 Å². The molecule has 0 bridgehead atoms. The summed E-state index contributed by atoms with van der Waals surface area (Å²) in [6.45, 7) is 9.70. The van der Waals surface area contributed by atoms with Crippen LogP contribution in [-0.4, -0.2) is 48.1 Å². The number of thioether (sulfide) groups is 1. The zero-order valence-electron chi connectivity index (χ0n) is 16.9. The Morgan fingerprint density at radius 2 is 1.62 bits per heavy atom. The summed E-state index contributed by atoms with van der Waals surface area (Å²) in [6.07, 6.45) is 7.18. The smallest absolute Gasteiger partial charge is 0.338 e. The second-order valence-corrected chi connectivity index (χ2v) is 7.98. The zero-order valence-corrected chi connectivity index (χ0v) is 17.7. The summed E-state index contributed by atoms with van der Waals surface area (Å²) in [5.74, 6) is 1.82. The number of rotatable bonds is 15. The normalized spacial score (nSPS) is 12.3. The van der Waals surface area contributed by atoms with E-state index in [1.54, 1.807) is 0 Å². The third-order valence-electron chi connectivity index (χ3n) is 4.35. The third kappa shape index (κ3) is 10.2. The molecule has 0 N–H and O–H groups in total. The van der Waals surface area contributed by atoms with Gasteiger partial charge in [-0.05, 0) is 50.2 Å². The molecular formula is C22H37NO2S. The van der Waals surface area contributed by atoms with Crippen molar-refractivity contribution in [2.75, 3.05) is 31.1 Å². The fourth-order valence-corrected chi connectivity index (χ4v) is 3.82. The van der Waals surface area contributed by atoms with Crippen LogP contribution in [0.25, 0.3) is 0 Å². The molecule has 0 aliphatic rings. The molecule has 0 saturated heterocycles. The van der Waals surface area contributed by atoms with Crippen LogP contribution in [0.3, 0.4) is 0 Å². The van der Waals surface area contributed by atoms with Crippen molar-refractivity contribution >= 4 is 17.7 Å². The van der Waals surface area contributed by atoms with Gasteiger partial charge >= 0.3 is 5.97 Å². The lowest BCUT2D eigenvalue weighted by Crippen LogP contribution is -2.38. The van der Waals surface area contributed by atoms with Crippen molar-refractivity contribution in [3.8, 4) is 0 Å². The first-order valence-electron chi connectivity index (χ1n) is 10.3. The molecule has 0 aliphatic carbocycles. The first-order chi connectivity index (χ1) is 12.7. The van der Waals surface area contributed by atoms with E-state index < -0.39 is 0 Å². The quantitative estimate of drug-likeness (QED) is 0.291. The minimum Gasteiger partial charge on any atom is -0.457 e. The molecule has 0 spiro atoms. The van der Waals surface area contributed by atoms with Crippen LogP contribution in [0.5, 0.6) is 0 Å². The van der Waals surface area contributed by atoms with Crippen molar-refractivity contribution in [1.29, 1.82) is 0 Å². The number of esters is 1. The molecule has 1 rings (SSSR count). The van der Waals surface area contributed by atoms with Crippen molar-refractivity contribution in [3.63, 3.8) is 0 Å². The van der Waals surface area contributed by atoms with Gasteiger partial charge in [-0.2, -0.15) is 11.8 Å². The van der Waals surface area contributed by atoms with Crippen LogP contribution in [0, 0.1) is 0 Å². The molecule has 0 amide bonds. The van der Waals surface area contributed by atoms with Gasteiger partial charge in [-0.25, -0.2) is 4.79 Å². The Hall–Kier alpha value is -1.00. The summed E-state index contributed by atoms with van der Waals surface area (Å²) in [5.41, 5.74) is 0.643. The summed E-state index contributed by atoms with van der Waals surface area (Å²) in [5, 5.41) is 0. The van der Waals surface area contributed by atoms with E-state index in [0.717, 1.165) is 31.1 Å². The fourth-order valence-electron chi connectivity index (χ4n) is 2.72. The lowest BCUT2D eigenvalue weighted by Gasteiger charge is -2.27. The van der Waals surface area contributed by atoms with Gasteiger partial charge in [-0.1, -0.05) is 58.2 Å². The van der Waals surface area contributed by atoms with Crippen LogP contribution >= 0.6 is 11.8 Å². The Bertz CT molecular complexity index is 458. The topological polar surface area (TPSA) is 29.5 Å². The molecule has 1 aromatic carbocycles. The standard InChI is InChI=1S/C22H37NO2S/c1-4-7-15-23(16-8-5-2)18-21(19-26-17-9-6-3)25-22(24)20-13-11-10-12-14-20/h10-14,21H,4-9,15-19H2,1-3H3. The van der Waals surface area contributed by atoms with E-state index in [0.29, 0.717) is 5.56 Å². The number of hydrogen-bond acceptors (Lipinski definition) is 4. The van der Waals surface area contributed by atoms with Gasteiger partial charge in [0.05, 0.1) is 5.56 Å². The van der Waals surface area contributed by atoms with Crippen LogP contribution < -0.4 is 0 Å². The van der Waals surface area contributed by atoms with Gasteiger partial charge < -0.3 is 4.74 Å². The van der Waals surface area contributed by atoms with Crippen LogP contribution in [0.15, 0.2) is 30.3 Å². The zero-order chi connectivity index (χ0) is 19.0. The number of carbonyl (C=O) groups excluding carboxylic acids is 1. The fraction of sp³-hybridized carbons (Fsp3) is 0.682. The second kappa shape index (κ2) is 15.1. The van der Waals surface area contributed by atoms with Crippen LogP contribution in [0.1, 0.15) is 69.7 Å². The molecule has 0 aromatic heterocycles. The predicted molar refractivity (Wildman–Crippen MR) is 114 cm³/mol. The van der Waals surface area contributed by atoms with Gasteiger partial charge in [0.25, 0.3) is 0 Å². The monoisotopic (exact) mass is 379 g/mol. The third-order valence-corrected chi connectivity index (χ3v) is 5.53. The maximum absolute atomic E-state index is 12.5. The minimum atomic E-state index is -0.197. The highest BCUT2D eigenvalue weighted by molar-refractivity contribution is 7.99. The lowest BCUT2D eigenvalue weighted by molar-refractivity contribution is 0.0261. The SMILES string of the molecule is CCCCSCC(CN(CCCC)CCCC)OC(=O)c1ccccc1. The van der Waals surface area contributed by atoms with E-state index in [-0.39, 0.29) is 12.1 Å². The summed E-state index contributed by atoms with van der Waals surface area (Å²) < 4.78 is 5.91. The molecule has 26 heavy (non-hydrogen) atoms. The molecule has 0 saturated carbocycles. The molecule has 0 aliphatic heterocycles. The number of ether oxygens (including phenoxy) is 1. The Morgan fingerprint density at radius 1 is 1.00 bits per heavy atom. The van der Waals surface area contributed by atoms with Crippen molar-refractivity contribution < 1.29 is 9.53 Å². The molecule has 1 atom stereocenters. The number of carbonyl (C=O) groups is 1. The molecule has 0 radical (unpaired) electrons. The molecule has 0 heterocycles. The Morgan fingerprint density at radius 3 is 2.19 bits per heavy atom. The Labute approximate surface area is 164 Å². The van der Waals surface area contributed by atoms with Gasteiger partial charge in [0.15, 0.2) is 0 Å². The van der Waals surface area contributed by atoms with E-state index in [1.807, 2.05) is 42.1 Å². The van der Waals surface area contributed by atoms with Crippen LogP contribution in [0.2, 0.25) is 0 Å². The van der Waals surface area contributed by atoms with Crippen LogP contribution in [0.4, 0.5) is 0 Å². The van der Waals surface area contributed by atoms with E-state index in [4.69, 9.17) is 4.74 Å². The number of benzene rings is 1. The Balaban J connectivity index is 2.66. The summed E-state index contributed by atoms with van der Waals surface area (Å²) >= 11 is 1.91. The van der Waals surface area contributed by atoms with E-state index in [1.165, 1.54) is 38.5 Å². The number of nitrogens with zero attached hydrogens (tertiary/aromatic N) is 1. The van der Waals surface area contributed by atoms with Gasteiger partial charge in [0.2, 0.25) is 0 Å². The molecule has 148 valence electrons. The molecule has 1 aromatic rings. The van der Waals surface area contributed by atoms with Gasteiger partial charge in [-0.3, -0.25) is 4.90 Å². The summed E-state index contributed by atoms with van der Waals surface area (Å²) in [7, 11) is 0. The lowest BCUT2D eigenvalue weighted by atomic mass is 10.2. The average Bonchev–Trinajstić information content (AvgIpc) is 2.67. The number of unbranched alkanes of at least 4 members (excludes halogenated alkanes) is 3. The van der Waals surface area contributed by atoms with Crippen molar-refractivity contribution in [2.24, 2.45) is 0 Å². The summed E-state index contributed by atoms with van der Waals surface area (Å²) in [4.78, 5) is 15.0. The number of hydrogen-bond donors (Lipinski definition) is 0. The largest absolute Gasteiger partial charge is 0.457 e. The van der Waals surface area contributed by atoms with E-state index >= 15 is 0 Å².